The van der Waals surface area contributed by atoms with Crippen LogP contribution in [0.15, 0.2) is 30.9 Å². The van der Waals surface area contributed by atoms with Crippen molar-refractivity contribution in [3.63, 3.8) is 0 Å². The smallest absolute Gasteiger partial charge is 0.178 e. The molecule has 0 unspecified atom stereocenters. The molecule has 0 aliphatic rings. The Balaban J connectivity index is 2.46. The first-order valence-electron chi connectivity index (χ1n) is 4.10. The van der Waals surface area contributed by atoms with Gasteiger partial charge in [0.05, 0.1) is 0 Å². The zero-order valence-corrected chi connectivity index (χ0v) is 7.58. The Hall–Kier alpha value is -2.04. The van der Waals surface area contributed by atoms with Gasteiger partial charge in [0.15, 0.2) is 11.6 Å². The summed E-state index contributed by atoms with van der Waals surface area (Å²) < 4.78 is 1.51. The van der Waals surface area contributed by atoms with Gasteiger partial charge in [-0.1, -0.05) is 6.07 Å². The van der Waals surface area contributed by atoms with Crippen LogP contribution >= 0.6 is 0 Å². The molecule has 5 nitrogen and oxygen atoms in total. The summed E-state index contributed by atoms with van der Waals surface area (Å²) in [6, 6.07) is 5.20. The van der Waals surface area contributed by atoms with Gasteiger partial charge in [-0.25, -0.2) is 14.6 Å². The highest BCUT2D eigenvalue weighted by atomic mass is 16.1. The molecule has 0 saturated heterocycles. The predicted octanol–water partition coefficient (Wildman–Crippen LogP) is 0.865. The van der Waals surface area contributed by atoms with Gasteiger partial charge in [0.1, 0.15) is 18.3 Å². The second-order valence-corrected chi connectivity index (χ2v) is 2.78. The zero-order valence-electron chi connectivity index (χ0n) is 7.58. The highest BCUT2D eigenvalue weighted by Gasteiger charge is 2.03. The van der Waals surface area contributed by atoms with Gasteiger partial charge < -0.3 is 0 Å². The summed E-state index contributed by atoms with van der Waals surface area (Å²) in [5.74, 6) is 0.530. The van der Waals surface area contributed by atoms with Gasteiger partial charge in [0.2, 0.25) is 0 Å². The lowest BCUT2D eigenvalue weighted by Crippen LogP contribution is -2.03. The lowest BCUT2D eigenvalue weighted by molar-refractivity contribution is 0.101. The van der Waals surface area contributed by atoms with E-state index in [1.165, 1.54) is 24.3 Å². The Morgan fingerprint density at radius 3 is 2.93 bits per heavy atom. The van der Waals surface area contributed by atoms with Crippen LogP contribution in [0, 0.1) is 0 Å². The second-order valence-electron chi connectivity index (χ2n) is 2.78. The SMILES string of the molecule is CC(=O)c1cccc(-n2cncn2)n1. The van der Waals surface area contributed by atoms with Crippen LogP contribution in [-0.2, 0) is 0 Å². The Bertz CT molecular complexity index is 450. The third-order valence-corrected chi connectivity index (χ3v) is 1.75. The number of ketones is 1. The summed E-state index contributed by atoms with van der Waals surface area (Å²) in [5, 5.41) is 3.92. The van der Waals surface area contributed by atoms with E-state index in [4.69, 9.17) is 0 Å². The minimum atomic E-state index is -0.0630. The Morgan fingerprint density at radius 1 is 1.43 bits per heavy atom. The van der Waals surface area contributed by atoms with Crippen LogP contribution in [-0.4, -0.2) is 25.5 Å². The fraction of sp³-hybridized carbons (Fsp3) is 0.111. The molecule has 2 heterocycles. The van der Waals surface area contributed by atoms with E-state index < -0.39 is 0 Å². The maximum atomic E-state index is 11.1. The largest absolute Gasteiger partial charge is 0.293 e. The van der Waals surface area contributed by atoms with Gasteiger partial charge in [-0.3, -0.25) is 4.79 Å². The van der Waals surface area contributed by atoms with Crippen molar-refractivity contribution in [3.8, 4) is 5.82 Å². The molecule has 2 aromatic heterocycles. The first-order chi connectivity index (χ1) is 6.77. The topological polar surface area (TPSA) is 60.7 Å². The summed E-state index contributed by atoms with van der Waals surface area (Å²) in [6.45, 7) is 1.48. The Morgan fingerprint density at radius 2 is 2.29 bits per heavy atom. The molecule has 2 aromatic rings. The fourth-order valence-corrected chi connectivity index (χ4v) is 1.07. The molecule has 0 fully saturated rings. The summed E-state index contributed by atoms with van der Waals surface area (Å²) in [5.41, 5.74) is 0.429. The van der Waals surface area contributed by atoms with Crippen LogP contribution in [0.1, 0.15) is 17.4 Å². The molecule has 0 aliphatic heterocycles. The van der Waals surface area contributed by atoms with Gasteiger partial charge in [0, 0.05) is 6.92 Å². The molecule has 0 spiro atoms. The Labute approximate surface area is 80.4 Å². The molecule has 2 rings (SSSR count). The third kappa shape index (κ3) is 1.52. The van der Waals surface area contributed by atoms with Crippen LogP contribution in [0.2, 0.25) is 0 Å². The second kappa shape index (κ2) is 3.37. The number of carbonyl (C=O) groups excluding carboxylic acids is 1. The van der Waals surface area contributed by atoms with Crippen LogP contribution < -0.4 is 0 Å². The quantitative estimate of drug-likeness (QED) is 0.656. The number of hydrogen-bond acceptors (Lipinski definition) is 4. The monoisotopic (exact) mass is 188 g/mol. The Kier molecular flexibility index (Phi) is 2.06. The van der Waals surface area contributed by atoms with E-state index in [9.17, 15) is 4.79 Å². The summed E-state index contributed by atoms with van der Waals surface area (Å²) in [4.78, 5) is 19.0. The molecule has 5 heteroatoms. The molecule has 0 aliphatic carbocycles. The third-order valence-electron chi connectivity index (χ3n) is 1.75. The fourth-order valence-electron chi connectivity index (χ4n) is 1.07. The maximum Gasteiger partial charge on any atom is 0.178 e. The van der Waals surface area contributed by atoms with E-state index in [2.05, 4.69) is 15.1 Å². The number of nitrogens with zero attached hydrogens (tertiary/aromatic N) is 4. The van der Waals surface area contributed by atoms with E-state index in [1.807, 2.05) is 0 Å². The van der Waals surface area contributed by atoms with Gasteiger partial charge in [-0.2, -0.15) is 5.10 Å². The number of carbonyl (C=O) groups is 1. The van der Waals surface area contributed by atoms with Gasteiger partial charge >= 0.3 is 0 Å². The standard InChI is InChI=1S/C9H8N4O/c1-7(14)8-3-2-4-9(12-8)13-6-10-5-11-13/h2-6H,1H3. The molecular weight excluding hydrogens is 180 g/mol. The van der Waals surface area contributed by atoms with Crippen molar-refractivity contribution in [3.05, 3.63) is 36.5 Å². The van der Waals surface area contributed by atoms with Gasteiger partial charge in [-0.15, -0.1) is 0 Å². The molecule has 0 aromatic carbocycles. The molecule has 0 atom stereocenters. The van der Waals surface area contributed by atoms with Gasteiger partial charge in [-0.05, 0) is 12.1 Å². The lowest BCUT2D eigenvalue weighted by Gasteiger charge is -2.00. The number of pyridine rings is 1. The molecule has 0 amide bonds. The minimum Gasteiger partial charge on any atom is -0.293 e. The first-order valence-corrected chi connectivity index (χ1v) is 4.10. The van der Waals surface area contributed by atoms with E-state index in [1.54, 1.807) is 18.2 Å². The first kappa shape index (κ1) is 8.55. The highest BCUT2D eigenvalue weighted by molar-refractivity contribution is 5.92. The minimum absolute atomic E-state index is 0.0630. The van der Waals surface area contributed by atoms with Crippen LogP contribution in [0.5, 0.6) is 0 Å². The molecule has 0 bridgehead atoms. The number of Topliss-reactive ketones (excluding diaryl/α,β-unsaturated/α-hetero) is 1. The predicted molar refractivity (Wildman–Crippen MR) is 49.2 cm³/mol. The van der Waals surface area contributed by atoms with E-state index >= 15 is 0 Å². The van der Waals surface area contributed by atoms with Gasteiger partial charge in [0.25, 0.3) is 0 Å². The average molecular weight is 188 g/mol. The molecular formula is C9H8N4O. The molecule has 70 valence electrons. The van der Waals surface area contributed by atoms with Crippen LogP contribution in [0.3, 0.4) is 0 Å². The van der Waals surface area contributed by atoms with Crippen molar-refractivity contribution in [1.82, 2.24) is 19.7 Å². The van der Waals surface area contributed by atoms with Crippen molar-refractivity contribution < 1.29 is 4.79 Å². The molecule has 0 radical (unpaired) electrons. The lowest BCUT2D eigenvalue weighted by atomic mass is 10.3. The summed E-state index contributed by atoms with van der Waals surface area (Å²) >= 11 is 0. The highest BCUT2D eigenvalue weighted by Crippen LogP contribution is 2.03. The van der Waals surface area contributed by atoms with Crippen molar-refractivity contribution in [2.75, 3.05) is 0 Å². The summed E-state index contributed by atoms with van der Waals surface area (Å²) in [6.07, 6.45) is 2.95. The van der Waals surface area contributed by atoms with Crippen molar-refractivity contribution >= 4 is 5.78 Å². The maximum absolute atomic E-state index is 11.1. The van der Waals surface area contributed by atoms with Crippen molar-refractivity contribution in [1.29, 1.82) is 0 Å². The molecule has 0 saturated carbocycles. The number of hydrogen-bond donors (Lipinski definition) is 0. The van der Waals surface area contributed by atoms with Crippen LogP contribution in [0.4, 0.5) is 0 Å². The number of rotatable bonds is 2. The summed E-state index contributed by atoms with van der Waals surface area (Å²) in [7, 11) is 0. The van der Waals surface area contributed by atoms with E-state index in [0.717, 1.165) is 0 Å². The number of aromatic nitrogens is 4. The molecule has 0 N–H and O–H groups in total. The van der Waals surface area contributed by atoms with Crippen molar-refractivity contribution in [2.45, 2.75) is 6.92 Å². The van der Waals surface area contributed by atoms with Crippen LogP contribution in [0.25, 0.3) is 5.82 Å². The normalized spacial score (nSPS) is 10.1. The van der Waals surface area contributed by atoms with E-state index in [-0.39, 0.29) is 5.78 Å². The van der Waals surface area contributed by atoms with Crippen molar-refractivity contribution in [2.24, 2.45) is 0 Å². The average Bonchev–Trinajstić information content (AvgIpc) is 2.71. The molecule has 14 heavy (non-hydrogen) atoms. The van der Waals surface area contributed by atoms with E-state index in [0.29, 0.717) is 11.5 Å². The zero-order chi connectivity index (χ0) is 9.97.